The van der Waals surface area contributed by atoms with Crippen LogP contribution in [-0.4, -0.2) is 10.2 Å². The molecule has 0 radical (unpaired) electrons. The van der Waals surface area contributed by atoms with Crippen LogP contribution < -0.4 is 0 Å². The Morgan fingerprint density at radius 1 is 0.600 bits per heavy atom. The minimum Gasteiger partial charge on any atom is -0.507 e. The van der Waals surface area contributed by atoms with Gasteiger partial charge in [0.1, 0.15) is 11.5 Å². The van der Waals surface area contributed by atoms with E-state index in [4.69, 9.17) is 0 Å². The fourth-order valence-corrected chi connectivity index (χ4v) is 2.10. The molecule has 4 heteroatoms. The molecule has 0 unspecified atom stereocenters. The molecule has 2 aromatic rings. The summed E-state index contributed by atoms with van der Waals surface area (Å²) in [4.78, 5) is 0. The molecule has 0 atom stereocenters. The third kappa shape index (κ3) is 2.79. The lowest BCUT2D eigenvalue weighted by molar-refractivity contribution is 0.466. The summed E-state index contributed by atoms with van der Waals surface area (Å²) in [6.45, 7) is 7.32. The molecule has 2 N–H and O–H groups in total. The van der Waals surface area contributed by atoms with Gasteiger partial charge in [0, 0.05) is 0 Å². The molecular formula is C16H18N2O2. The van der Waals surface area contributed by atoms with Crippen LogP contribution in [0.2, 0.25) is 0 Å². The highest BCUT2D eigenvalue weighted by Crippen LogP contribution is 2.30. The number of benzene rings is 2. The number of azo groups is 1. The van der Waals surface area contributed by atoms with Crippen LogP contribution >= 0.6 is 0 Å². The lowest BCUT2D eigenvalue weighted by atomic mass is 10.1. The average molecular weight is 270 g/mol. The minimum absolute atomic E-state index is 0.292. The lowest BCUT2D eigenvalue weighted by Gasteiger charge is -2.05. The molecule has 0 aromatic heterocycles. The SMILES string of the molecule is Cc1cc(N=Nc2cc(C)c(O)c(C)c2)cc(C)c1O. The Morgan fingerprint density at radius 3 is 1.10 bits per heavy atom. The van der Waals surface area contributed by atoms with Gasteiger partial charge in [-0.25, -0.2) is 0 Å². The molecule has 0 aliphatic carbocycles. The molecule has 0 spiro atoms. The first-order valence-corrected chi connectivity index (χ1v) is 6.40. The van der Waals surface area contributed by atoms with E-state index in [1.165, 1.54) is 0 Å². The normalized spacial score (nSPS) is 11.2. The quantitative estimate of drug-likeness (QED) is 0.773. The molecule has 0 amide bonds. The standard InChI is InChI=1S/C16H18N2O2/c1-9-5-13(6-10(2)15(9)19)17-18-14-7-11(3)16(20)12(4)8-14/h5-8,19-20H,1-4H3. The smallest absolute Gasteiger partial charge is 0.121 e. The molecule has 0 heterocycles. The fourth-order valence-electron chi connectivity index (χ4n) is 2.10. The fraction of sp³-hybridized carbons (Fsp3) is 0.250. The Bertz CT molecular complexity index is 585. The third-order valence-corrected chi connectivity index (χ3v) is 3.23. The van der Waals surface area contributed by atoms with Gasteiger partial charge in [-0.15, -0.1) is 0 Å². The first-order chi connectivity index (χ1) is 9.38. The molecule has 2 rings (SSSR count). The summed E-state index contributed by atoms with van der Waals surface area (Å²) in [6.07, 6.45) is 0. The van der Waals surface area contributed by atoms with Gasteiger partial charge in [0.2, 0.25) is 0 Å². The van der Waals surface area contributed by atoms with Crippen molar-refractivity contribution in [3.63, 3.8) is 0 Å². The van der Waals surface area contributed by atoms with Crippen molar-refractivity contribution in [3.05, 3.63) is 46.5 Å². The van der Waals surface area contributed by atoms with Gasteiger partial charge in [0.15, 0.2) is 0 Å². The first kappa shape index (κ1) is 14.1. The number of hydrogen-bond donors (Lipinski definition) is 2. The molecule has 0 aliphatic heterocycles. The van der Waals surface area contributed by atoms with Crippen molar-refractivity contribution < 1.29 is 10.2 Å². The molecule has 20 heavy (non-hydrogen) atoms. The summed E-state index contributed by atoms with van der Waals surface area (Å²) in [5.41, 5.74) is 4.49. The Hall–Kier alpha value is -2.36. The number of aromatic hydroxyl groups is 2. The third-order valence-electron chi connectivity index (χ3n) is 3.23. The minimum atomic E-state index is 0.292. The Balaban J connectivity index is 2.35. The van der Waals surface area contributed by atoms with Crippen molar-refractivity contribution in [1.29, 1.82) is 0 Å². The number of phenols is 2. The summed E-state index contributed by atoms with van der Waals surface area (Å²) in [5, 5.41) is 27.8. The molecule has 104 valence electrons. The van der Waals surface area contributed by atoms with Crippen molar-refractivity contribution in [2.75, 3.05) is 0 Å². The van der Waals surface area contributed by atoms with Gasteiger partial charge in [0.25, 0.3) is 0 Å². The summed E-state index contributed by atoms with van der Waals surface area (Å²) in [5.74, 6) is 0.584. The highest BCUT2D eigenvalue weighted by atomic mass is 16.3. The number of aryl methyl sites for hydroxylation is 4. The molecule has 0 saturated heterocycles. The zero-order valence-electron chi connectivity index (χ0n) is 12.1. The van der Waals surface area contributed by atoms with Crippen LogP contribution in [0.4, 0.5) is 11.4 Å². The van der Waals surface area contributed by atoms with Crippen molar-refractivity contribution in [3.8, 4) is 11.5 Å². The molecule has 2 aromatic carbocycles. The second-order valence-electron chi connectivity index (χ2n) is 5.06. The van der Waals surface area contributed by atoms with Gasteiger partial charge >= 0.3 is 0 Å². The Morgan fingerprint density at radius 2 is 0.850 bits per heavy atom. The van der Waals surface area contributed by atoms with E-state index in [0.717, 1.165) is 22.3 Å². The van der Waals surface area contributed by atoms with Gasteiger partial charge in [-0.05, 0) is 74.2 Å². The van der Waals surface area contributed by atoms with Crippen LogP contribution in [0.15, 0.2) is 34.5 Å². The van der Waals surface area contributed by atoms with Gasteiger partial charge < -0.3 is 10.2 Å². The first-order valence-electron chi connectivity index (χ1n) is 6.40. The molecular weight excluding hydrogens is 252 g/mol. The van der Waals surface area contributed by atoms with Crippen molar-refractivity contribution in [1.82, 2.24) is 0 Å². The molecule has 0 aliphatic rings. The maximum absolute atomic E-state index is 9.72. The van der Waals surface area contributed by atoms with Gasteiger partial charge in [-0.1, -0.05) is 0 Å². The predicted octanol–water partition coefficient (Wildman–Crippen LogP) is 4.75. The van der Waals surface area contributed by atoms with E-state index in [0.29, 0.717) is 22.9 Å². The van der Waals surface area contributed by atoms with E-state index >= 15 is 0 Å². The van der Waals surface area contributed by atoms with Crippen molar-refractivity contribution in [2.45, 2.75) is 27.7 Å². The van der Waals surface area contributed by atoms with E-state index in [-0.39, 0.29) is 0 Å². The van der Waals surface area contributed by atoms with Crippen LogP contribution in [0.25, 0.3) is 0 Å². The average Bonchev–Trinajstić information content (AvgIpc) is 2.39. The van der Waals surface area contributed by atoms with E-state index in [1.54, 1.807) is 24.3 Å². The zero-order chi connectivity index (χ0) is 14.9. The molecule has 0 saturated carbocycles. The largest absolute Gasteiger partial charge is 0.507 e. The summed E-state index contributed by atoms with van der Waals surface area (Å²) < 4.78 is 0. The Labute approximate surface area is 118 Å². The lowest BCUT2D eigenvalue weighted by Crippen LogP contribution is -1.80. The van der Waals surface area contributed by atoms with Gasteiger partial charge in [0.05, 0.1) is 11.4 Å². The van der Waals surface area contributed by atoms with E-state index < -0.39 is 0 Å². The number of nitrogens with zero attached hydrogens (tertiary/aromatic N) is 2. The van der Waals surface area contributed by atoms with Gasteiger partial charge in [-0.3, -0.25) is 0 Å². The van der Waals surface area contributed by atoms with Crippen LogP contribution in [0, 0.1) is 27.7 Å². The van der Waals surface area contributed by atoms with E-state index in [2.05, 4.69) is 10.2 Å². The summed E-state index contributed by atoms with van der Waals surface area (Å²) in [7, 11) is 0. The highest BCUT2D eigenvalue weighted by Gasteiger charge is 2.04. The van der Waals surface area contributed by atoms with Gasteiger partial charge in [-0.2, -0.15) is 10.2 Å². The predicted molar refractivity (Wildman–Crippen MR) is 79.3 cm³/mol. The molecule has 0 bridgehead atoms. The van der Waals surface area contributed by atoms with Crippen LogP contribution in [0.3, 0.4) is 0 Å². The second-order valence-corrected chi connectivity index (χ2v) is 5.06. The topological polar surface area (TPSA) is 65.2 Å². The van der Waals surface area contributed by atoms with Crippen LogP contribution in [0.5, 0.6) is 11.5 Å². The van der Waals surface area contributed by atoms with Crippen molar-refractivity contribution >= 4 is 11.4 Å². The monoisotopic (exact) mass is 270 g/mol. The number of hydrogen-bond acceptors (Lipinski definition) is 4. The highest BCUT2D eigenvalue weighted by molar-refractivity contribution is 5.53. The zero-order valence-corrected chi connectivity index (χ0v) is 12.1. The van der Waals surface area contributed by atoms with Crippen LogP contribution in [-0.2, 0) is 0 Å². The molecule has 0 fully saturated rings. The second kappa shape index (κ2) is 5.33. The molecule has 4 nitrogen and oxygen atoms in total. The van der Waals surface area contributed by atoms with Crippen LogP contribution in [0.1, 0.15) is 22.3 Å². The summed E-state index contributed by atoms with van der Waals surface area (Å²) in [6, 6.07) is 7.13. The van der Waals surface area contributed by atoms with Crippen molar-refractivity contribution in [2.24, 2.45) is 10.2 Å². The Kier molecular flexibility index (Phi) is 3.74. The summed E-state index contributed by atoms with van der Waals surface area (Å²) >= 11 is 0. The maximum Gasteiger partial charge on any atom is 0.121 e. The van der Waals surface area contributed by atoms with E-state index in [9.17, 15) is 10.2 Å². The number of rotatable bonds is 2. The maximum atomic E-state index is 9.72. The number of phenolic OH excluding ortho intramolecular Hbond substituents is 2. The van der Waals surface area contributed by atoms with E-state index in [1.807, 2.05) is 27.7 Å².